The highest BCUT2D eigenvalue weighted by Gasteiger charge is 2.76. The molecule has 2 atom stereocenters. The van der Waals surface area contributed by atoms with E-state index in [1.165, 1.54) is 0 Å². The van der Waals surface area contributed by atoms with Crippen LogP contribution in [0, 0.1) is 72.9 Å². The Kier molecular flexibility index (Phi) is 2.72. The van der Waals surface area contributed by atoms with Gasteiger partial charge in [-0.25, -0.2) is 0 Å². The first kappa shape index (κ1) is 14.1. The fourth-order valence-electron chi connectivity index (χ4n) is 4.13. The molecule has 0 unspecified atom stereocenters. The summed E-state index contributed by atoms with van der Waals surface area (Å²) in [4.78, 5) is 0. The van der Waals surface area contributed by atoms with Crippen molar-refractivity contribution in [3.63, 3.8) is 0 Å². The predicted octanol–water partition coefficient (Wildman–Crippen LogP) is 3.07. The van der Waals surface area contributed by atoms with Crippen LogP contribution in [0.4, 0.5) is 0 Å². The lowest BCUT2D eigenvalue weighted by Gasteiger charge is -2.61. The third kappa shape index (κ3) is 1.06. The molecule has 0 aromatic heterocycles. The highest BCUT2D eigenvalue weighted by Crippen LogP contribution is 2.72. The molecule has 0 amide bonds. The monoisotopic (exact) mass is 264 g/mol. The van der Waals surface area contributed by atoms with Crippen LogP contribution in [0.3, 0.4) is 0 Å². The quantitative estimate of drug-likeness (QED) is 0.680. The van der Waals surface area contributed by atoms with E-state index in [-0.39, 0.29) is 5.92 Å². The van der Waals surface area contributed by atoms with Gasteiger partial charge >= 0.3 is 0 Å². The molecule has 0 aromatic rings. The normalized spacial score (nSPS) is 35.6. The topological polar surface area (TPSA) is 95.2 Å². The van der Waals surface area contributed by atoms with E-state index in [2.05, 4.69) is 24.3 Å². The summed E-state index contributed by atoms with van der Waals surface area (Å²) in [6.07, 6.45) is 5.11. The van der Waals surface area contributed by atoms with E-state index >= 15 is 0 Å². The first-order valence-corrected chi connectivity index (χ1v) is 6.71. The molecule has 3 aliphatic carbocycles. The Morgan fingerprint density at radius 2 is 1.35 bits per heavy atom. The van der Waals surface area contributed by atoms with Crippen LogP contribution in [0.2, 0.25) is 0 Å². The Balaban J connectivity index is 2.97. The lowest BCUT2D eigenvalue weighted by atomic mass is 9.34. The summed E-state index contributed by atoms with van der Waals surface area (Å²) in [5.74, 6) is 0.00368. The van der Waals surface area contributed by atoms with E-state index in [0.29, 0.717) is 12.8 Å². The summed E-state index contributed by atoms with van der Waals surface area (Å²) in [6.45, 7) is 5.70. The second-order valence-corrected chi connectivity index (χ2v) is 6.39. The van der Waals surface area contributed by atoms with Gasteiger partial charge in [0, 0.05) is 10.8 Å². The molecule has 0 aliphatic heterocycles. The maximum Gasteiger partial charge on any atom is 0.185 e. The molecule has 20 heavy (non-hydrogen) atoms. The summed E-state index contributed by atoms with van der Waals surface area (Å²) in [5, 5.41) is 39.0. The van der Waals surface area contributed by atoms with Gasteiger partial charge in [-0.2, -0.15) is 21.0 Å². The minimum Gasteiger partial charge on any atom is -0.196 e. The first-order chi connectivity index (χ1) is 9.35. The van der Waals surface area contributed by atoms with Gasteiger partial charge in [-0.3, -0.25) is 0 Å². The highest BCUT2D eigenvalue weighted by atomic mass is 14.7. The highest BCUT2D eigenvalue weighted by molar-refractivity contribution is 5.50. The lowest BCUT2D eigenvalue weighted by molar-refractivity contribution is -0.0684. The van der Waals surface area contributed by atoms with Crippen molar-refractivity contribution in [2.45, 2.75) is 33.6 Å². The molecule has 4 heteroatoms. The van der Waals surface area contributed by atoms with Crippen molar-refractivity contribution in [3.8, 4) is 24.3 Å². The third-order valence-electron chi connectivity index (χ3n) is 5.63. The van der Waals surface area contributed by atoms with Gasteiger partial charge in [0.05, 0.1) is 24.3 Å². The molecule has 0 N–H and O–H groups in total. The number of nitrogens with zero attached hydrogens (tertiary/aromatic N) is 4. The van der Waals surface area contributed by atoms with Crippen molar-refractivity contribution in [2.24, 2.45) is 27.6 Å². The first-order valence-electron chi connectivity index (χ1n) is 6.71. The number of allylic oxidation sites excluding steroid dienone is 2. The van der Waals surface area contributed by atoms with E-state index in [4.69, 9.17) is 0 Å². The molecule has 3 rings (SSSR count). The number of rotatable bonds is 1. The van der Waals surface area contributed by atoms with Crippen LogP contribution in [-0.4, -0.2) is 0 Å². The number of hydrogen-bond donors (Lipinski definition) is 0. The van der Waals surface area contributed by atoms with Crippen molar-refractivity contribution in [1.82, 2.24) is 0 Å². The van der Waals surface area contributed by atoms with Gasteiger partial charge in [0.2, 0.25) is 0 Å². The van der Waals surface area contributed by atoms with Crippen LogP contribution in [0.15, 0.2) is 12.2 Å². The molecule has 0 spiro atoms. The minimum absolute atomic E-state index is 0.00368. The third-order valence-corrected chi connectivity index (χ3v) is 5.63. The Hall–Kier alpha value is -2.30. The summed E-state index contributed by atoms with van der Waals surface area (Å²) in [5.41, 5.74) is -4.74. The summed E-state index contributed by atoms with van der Waals surface area (Å²) < 4.78 is 0. The van der Waals surface area contributed by atoms with Crippen molar-refractivity contribution in [2.75, 3.05) is 0 Å². The van der Waals surface area contributed by atoms with E-state index in [1.54, 1.807) is 0 Å². The Bertz CT molecular complexity index is 618. The van der Waals surface area contributed by atoms with Crippen molar-refractivity contribution >= 4 is 0 Å². The zero-order valence-corrected chi connectivity index (χ0v) is 11.9. The zero-order valence-electron chi connectivity index (χ0n) is 11.9. The van der Waals surface area contributed by atoms with E-state index in [0.717, 1.165) is 0 Å². The predicted molar refractivity (Wildman–Crippen MR) is 71.1 cm³/mol. The van der Waals surface area contributed by atoms with Crippen LogP contribution >= 0.6 is 0 Å². The van der Waals surface area contributed by atoms with Crippen molar-refractivity contribution < 1.29 is 0 Å². The molecule has 2 bridgehead atoms. The van der Waals surface area contributed by atoms with E-state index in [1.807, 2.05) is 32.9 Å². The Labute approximate surface area is 119 Å². The number of fused-ring (bicyclic) bond motifs is 2. The van der Waals surface area contributed by atoms with E-state index in [9.17, 15) is 21.0 Å². The molecule has 4 nitrogen and oxygen atoms in total. The summed E-state index contributed by atoms with van der Waals surface area (Å²) in [7, 11) is 0. The standard InChI is InChI=1S/C16H16N4/c1-12(2)14-6-4-13(3,5-7-14)15(8-17,9-18)16(14,10-19)11-20/h4,6,12H,5,7H2,1-3H3/t13-,14-/m1/s1. The Morgan fingerprint density at radius 3 is 1.65 bits per heavy atom. The average molecular weight is 264 g/mol. The van der Waals surface area contributed by atoms with Gasteiger partial charge < -0.3 is 0 Å². The Morgan fingerprint density at radius 1 is 0.850 bits per heavy atom. The van der Waals surface area contributed by atoms with Gasteiger partial charge in [-0.1, -0.05) is 32.9 Å². The second-order valence-electron chi connectivity index (χ2n) is 6.39. The molecule has 0 heterocycles. The van der Waals surface area contributed by atoms with Crippen LogP contribution in [0.1, 0.15) is 33.6 Å². The van der Waals surface area contributed by atoms with Gasteiger partial charge in [0.1, 0.15) is 0 Å². The van der Waals surface area contributed by atoms with Gasteiger partial charge in [-0.05, 0) is 18.8 Å². The molecule has 3 aliphatic rings. The zero-order chi connectivity index (χ0) is 15.2. The molecule has 1 fully saturated rings. The van der Waals surface area contributed by atoms with Crippen LogP contribution < -0.4 is 0 Å². The van der Waals surface area contributed by atoms with Crippen molar-refractivity contribution in [3.05, 3.63) is 12.2 Å². The van der Waals surface area contributed by atoms with Crippen LogP contribution in [0.25, 0.3) is 0 Å². The smallest absolute Gasteiger partial charge is 0.185 e. The largest absolute Gasteiger partial charge is 0.196 e. The van der Waals surface area contributed by atoms with Gasteiger partial charge in [0.25, 0.3) is 0 Å². The van der Waals surface area contributed by atoms with Crippen molar-refractivity contribution in [1.29, 1.82) is 21.0 Å². The molecular formula is C16H16N4. The lowest BCUT2D eigenvalue weighted by Crippen LogP contribution is -2.65. The SMILES string of the molecule is CC(C)[C@@]12C=C[C@](C)(CC1)C(C#N)(C#N)C2(C#N)C#N. The second kappa shape index (κ2) is 3.85. The number of nitriles is 4. The average Bonchev–Trinajstić information content (AvgIpc) is 2.46. The van der Waals surface area contributed by atoms with Gasteiger partial charge in [-0.15, -0.1) is 0 Å². The van der Waals surface area contributed by atoms with Gasteiger partial charge in [0.15, 0.2) is 10.8 Å². The maximum atomic E-state index is 9.78. The molecule has 100 valence electrons. The fourth-order valence-corrected chi connectivity index (χ4v) is 4.13. The molecular weight excluding hydrogens is 248 g/mol. The summed E-state index contributed by atoms with van der Waals surface area (Å²) in [6, 6.07) is 8.27. The summed E-state index contributed by atoms with van der Waals surface area (Å²) >= 11 is 0. The minimum atomic E-state index is -1.63. The molecule has 0 radical (unpaired) electrons. The van der Waals surface area contributed by atoms with E-state index < -0.39 is 21.7 Å². The number of hydrogen-bond acceptors (Lipinski definition) is 4. The maximum absolute atomic E-state index is 9.78. The molecule has 0 aromatic carbocycles. The molecule has 1 saturated carbocycles. The van der Waals surface area contributed by atoms with Crippen LogP contribution in [-0.2, 0) is 0 Å². The fraction of sp³-hybridized carbons (Fsp3) is 0.625. The molecule has 0 saturated heterocycles. The van der Waals surface area contributed by atoms with Crippen LogP contribution in [0.5, 0.6) is 0 Å².